The molecule has 2 aromatic rings. The molecule has 7 heteroatoms. The van der Waals surface area contributed by atoms with Crippen LogP contribution in [0.5, 0.6) is 0 Å². The highest BCUT2D eigenvalue weighted by Crippen LogP contribution is 2.20. The zero-order valence-electron chi connectivity index (χ0n) is 14.4. The van der Waals surface area contributed by atoms with Crippen molar-refractivity contribution in [1.82, 2.24) is 4.90 Å². The van der Waals surface area contributed by atoms with Crippen LogP contribution in [0.25, 0.3) is 0 Å². The number of nitrogens with zero attached hydrogens (tertiary/aromatic N) is 3. The molecular formula is C19H22ClFN4O. The van der Waals surface area contributed by atoms with Gasteiger partial charge in [-0.05, 0) is 30.3 Å². The highest BCUT2D eigenvalue weighted by atomic mass is 35.5. The Morgan fingerprint density at radius 1 is 1.12 bits per heavy atom. The minimum absolute atomic E-state index is 0.0319. The third-order valence-electron chi connectivity index (χ3n) is 4.49. The van der Waals surface area contributed by atoms with Gasteiger partial charge in [-0.2, -0.15) is 0 Å². The fraction of sp³-hybridized carbons (Fsp3) is 0.316. The van der Waals surface area contributed by atoms with Crippen molar-refractivity contribution < 1.29 is 9.50 Å². The van der Waals surface area contributed by atoms with E-state index in [1.807, 2.05) is 29.2 Å². The van der Waals surface area contributed by atoms with Crippen molar-refractivity contribution >= 4 is 23.2 Å². The number of hydrogen-bond donors (Lipinski definition) is 2. The molecule has 1 aliphatic heterocycles. The maximum absolute atomic E-state index is 13.7. The number of anilines is 1. The summed E-state index contributed by atoms with van der Waals surface area (Å²) >= 11 is 5.93. The van der Waals surface area contributed by atoms with E-state index in [1.165, 1.54) is 6.07 Å². The molecule has 3 N–H and O–H groups in total. The smallest absolute Gasteiger partial charge is 0.191 e. The molecule has 1 aliphatic rings. The van der Waals surface area contributed by atoms with Crippen molar-refractivity contribution in [2.45, 2.75) is 6.10 Å². The molecule has 3 rings (SSSR count). The maximum atomic E-state index is 13.7. The molecule has 0 amide bonds. The van der Waals surface area contributed by atoms with E-state index in [9.17, 15) is 9.50 Å². The van der Waals surface area contributed by atoms with Crippen LogP contribution in [0.3, 0.4) is 0 Å². The minimum Gasteiger partial charge on any atom is -0.386 e. The van der Waals surface area contributed by atoms with Crippen molar-refractivity contribution in [3.8, 4) is 0 Å². The molecule has 0 bridgehead atoms. The molecule has 1 heterocycles. The third-order valence-corrected chi connectivity index (χ3v) is 4.74. The zero-order valence-corrected chi connectivity index (χ0v) is 15.1. The average Bonchev–Trinajstić information content (AvgIpc) is 2.67. The molecule has 5 nitrogen and oxygen atoms in total. The van der Waals surface area contributed by atoms with E-state index in [-0.39, 0.29) is 12.1 Å². The summed E-state index contributed by atoms with van der Waals surface area (Å²) in [5.74, 6) is -0.0681. The molecule has 0 aliphatic carbocycles. The Morgan fingerprint density at radius 2 is 1.77 bits per heavy atom. The second-order valence-corrected chi connectivity index (χ2v) is 6.62. The first-order chi connectivity index (χ1) is 12.5. The first-order valence-electron chi connectivity index (χ1n) is 8.52. The van der Waals surface area contributed by atoms with Crippen LogP contribution in [0.4, 0.5) is 10.1 Å². The Balaban J connectivity index is 1.54. The van der Waals surface area contributed by atoms with Crippen LogP contribution in [0.15, 0.2) is 53.5 Å². The van der Waals surface area contributed by atoms with Gasteiger partial charge in [0.1, 0.15) is 11.9 Å². The Kier molecular flexibility index (Phi) is 5.96. The summed E-state index contributed by atoms with van der Waals surface area (Å²) in [6.45, 7) is 3.12. The molecule has 1 atom stereocenters. The number of hydrogen-bond acceptors (Lipinski definition) is 3. The Labute approximate surface area is 157 Å². The molecule has 0 aromatic heterocycles. The summed E-state index contributed by atoms with van der Waals surface area (Å²) in [6, 6.07) is 13.9. The van der Waals surface area contributed by atoms with E-state index in [1.54, 1.807) is 18.2 Å². The first kappa shape index (κ1) is 18.5. The quantitative estimate of drug-likeness (QED) is 0.636. The lowest BCUT2D eigenvalue weighted by Crippen LogP contribution is -2.51. The van der Waals surface area contributed by atoms with Gasteiger partial charge in [0, 0.05) is 42.5 Å². The highest BCUT2D eigenvalue weighted by molar-refractivity contribution is 6.30. The van der Waals surface area contributed by atoms with Crippen LogP contribution < -0.4 is 10.6 Å². The number of guanidine groups is 1. The summed E-state index contributed by atoms with van der Waals surface area (Å²) in [4.78, 5) is 8.47. The molecule has 0 radical (unpaired) electrons. The van der Waals surface area contributed by atoms with Gasteiger partial charge >= 0.3 is 0 Å². The van der Waals surface area contributed by atoms with Crippen molar-refractivity contribution in [2.75, 3.05) is 37.6 Å². The minimum atomic E-state index is -1.01. The van der Waals surface area contributed by atoms with Gasteiger partial charge in [0.2, 0.25) is 0 Å². The number of piperazine rings is 1. The lowest BCUT2D eigenvalue weighted by Gasteiger charge is -2.36. The predicted octanol–water partition coefficient (Wildman–Crippen LogP) is 2.65. The van der Waals surface area contributed by atoms with Gasteiger partial charge in [0.25, 0.3) is 0 Å². The molecule has 1 fully saturated rings. The number of nitrogens with two attached hydrogens (primary N) is 1. The van der Waals surface area contributed by atoms with Gasteiger partial charge in [-0.15, -0.1) is 0 Å². The van der Waals surface area contributed by atoms with Crippen LogP contribution in [0.1, 0.15) is 11.7 Å². The van der Waals surface area contributed by atoms with E-state index in [0.717, 1.165) is 36.9 Å². The molecular weight excluding hydrogens is 355 g/mol. The summed E-state index contributed by atoms with van der Waals surface area (Å²) in [7, 11) is 0. The highest BCUT2D eigenvalue weighted by Gasteiger charge is 2.19. The number of benzene rings is 2. The van der Waals surface area contributed by atoms with E-state index in [4.69, 9.17) is 17.3 Å². The van der Waals surface area contributed by atoms with Gasteiger partial charge in [-0.25, -0.2) is 4.39 Å². The monoisotopic (exact) mass is 376 g/mol. The fourth-order valence-electron chi connectivity index (χ4n) is 2.97. The Hall–Kier alpha value is -2.31. The summed E-state index contributed by atoms with van der Waals surface area (Å²) in [6.07, 6.45) is -1.01. The summed E-state index contributed by atoms with van der Waals surface area (Å²) < 4.78 is 13.7. The van der Waals surface area contributed by atoms with E-state index < -0.39 is 11.9 Å². The largest absolute Gasteiger partial charge is 0.386 e. The standard InChI is InChI=1S/C19H22ClFN4O/c20-14-5-7-15(8-6-14)24-9-11-25(12-10-24)19(22)23-13-18(26)16-3-1-2-4-17(16)21/h1-8,18,26H,9-13H2,(H2,22,23). The van der Waals surface area contributed by atoms with E-state index in [2.05, 4.69) is 9.89 Å². The summed E-state index contributed by atoms with van der Waals surface area (Å²) in [5.41, 5.74) is 7.41. The molecule has 1 saturated heterocycles. The van der Waals surface area contributed by atoms with Gasteiger partial charge < -0.3 is 20.6 Å². The molecule has 2 aromatic carbocycles. The molecule has 0 spiro atoms. The lowest BCUT2D eigenvalue weighted by atomic mass is 10.1. The molecule has 0 saturated carbocycles. The lowest BCUT2D eigenvalue weighted by molar-refractivity contribution is 0.181. The van der Waals surface area contributed by atoms with E-state index in [0.29, 0.717) is 5.96 Å². The van der Waals surface area contributed by atoms with Crippen molar-refractivity contribution in [3.63, 3.8) is 0 Å². The Bertz CT molecular complexity index is 760. The first-order valence-corrected chi connectivity index (χ1v) is 8.90. The third kappa shape index (κ3) is 4.45. The average molecular weight is 377 g/mol. The van der Waals surface area contributed by atoms with Gasteiger partial charge in [0.15, 0.2) is 5.96 Å². The van der Waals surface area contributed by atoms with Crippen LogP contribution in [0, 0.1) is 5.82 Å². The zero-order chi connectivity index (χ0) is 18.5. The predicted molar refractivity (Wildman–Crippen MR) is 103 cm³/mol. The molecule has 138 valence electrons. The van der Waals surface area contributed by atoms with Crippen molar-refractivity contribution in [2.24, 2.45) is 10.7 Å². The van der Waals surface area contributed by atoms with Crippen molar-refractivity contribution in [1.29, 1.82) is 0 Å². The molecule has 26 heavy (non-hydrogen) atoms. The fourth-order valence-corrected chi connectivity index (χ4v) is 3.10. The van der Waals surface area contributed by atoms with E-state index >= 15 is 0 Å². The van der Waals surface area contributed by atoms with Crippen LogP contribution in [0.2, 0.25) is 5.02 Å². The normalized spacial score (nSPS) is 16.7. The Morgan fingerprint density at radius 3 is 2.42 bits per heavy atom. The van der Waals surface area contributed by atoms with Crippen LogP contribution >= 0.6 is 11.6 Å². The van der Waals surface area contributed by atoms with Gasteiger partial charge in [0.05, 0.1) is 6.54 Å². The van der Waals surface area contributed by atoms with Crippen LogP contribution in [-0.4, -0.2) is 48.7 Å². The maximum Gasteiger partial charge on any atom is 0.191 e. The summed E-state index contributed by atoms with van der Waals surface area (Å²) in [5, 5.41) is 10.8. The number of halogens is 2. The number of rotatable bonds is 4. The number of aliphatic hydroxyl groups is 1. The second-order valence-electron chi connectivity index (χ2n) is 6.19. The van der Waals surface area contributed by atoms with Gasteiger partial charge in [-0.3, -0.25) is 4.99 Å². The molecule has 1 unspecified atom stereocenters. The number of aliphatic hydroxyl groups excluding tert-OH is 1. The van der Waals surface area contributed by atoms with Crippen LogP contribution in [-0.2, 0) is 0 Å². The van der Waals surface area contributed by atoms with Gasteiger partial charge in [-0.1, -0.05) is 29.8 Å². The SMILES string of the molecule is NC(=NCC(O)c1ccccc1F)N1CCN(c2ccc(Cl)cc2)CC1. The number of aliphatic imine (C=N–C) groups is 1. The second kappa shape index (κ2) is 8.38. The van der Waals surface area contributed by atoms with Crippen molar-refractivity contribution in [3.05, 3.63) is 64.9 Å². The topological polar surface area (TPSA) is 65.1 Å².